The normalized spacial score (nSPS) is 38.4. The van der Waals surface area contributed by atoms with Crippen molar-refractivity contribution in [3.63, 3.8) is 0 Å². The summed E-state index contributed by atoms with van der Waals surface area (Å²) in [5.74, 6) is 2.80. The molecule has 20 heavy (non-hydrogen) atoms. The van der Waals surface area contributed by atoms with E-state index in [1.54, 1.807) is 0 Å². The van der Waals surface area contributed by atoms with Crippen LogP contribution in [0.4, 0.5) is 0 Å². The summed E-state index contributed by atoms with van der Waals surface area (Å²) >= 11 is 5.99. The molecule has 4 heteroatoms. The van der Waals surface area contributed by atoms with Crippen molar-refractivity contribution in [3.8, 4) is 0 Å². The number of amides is 1. The van der Waals surface area contributed by atoms with Gasteiger partial charge in [-0.1, -0.05) is 25.7 Å². The number of halogens is 1. The Balaban J connectivity index is 1.61. The molecule has 3 aliphatic rings. The topological polar surface area (TPSA) is 29.5 Å². The van der Waals surface area contributed by atoms with E-state index >= 15 is 0 Å². The van der Waals surface area contributed by atoms with Crippen molar-refractivity contribution in [2.45, 2.75) is 51.0 Å². The SMILES string of the molecule is O=C(C1CCC2CCCCC2C1)N1CCOCC1CCl. The summed E-state index contributed by atoms with van der Waals surface area (Å²) in [4.78, 5) is 14.8. The first kappa shape index (κ1) is 14.6. The fourth-order valence-electron chi connectivity index (χ4n) is 4.40. The predicted octanol–water partition coefficient (Wildman–Crippen LogP) is 3.06. The van der Waals surface area contributed by atoms with Crippen LogP contribution in [0.2, 0.25) is 0 Å². The van der Waals surface area contributed by atoms with Crippen LogP contribution in [0.25, 0.3) is 0 Å². The van der Waals surface area contributed by atoms with Crippen molar-refractivity contribution >= 4 is 17.5 Å². The second-order valence-electron chi connectivity index (χ2n) is 6.73. The molecule has 3 nitrogen and oxygen atoms in total. The minimum atomic E-state index is 0.0852. The zero-order valence-electron chi connectivity index (χ0n) is 12.2. The van der Waals surface area contributed by atoms with E-state index in [2.05, 4.69) is 0 Å². The lowest BCUT2D eigenvalue weighted by molar-refractivity contribution is -0.145. The highest BCUT2D eigenvalue weighted by Gasteiger charge is 2.38. The molecule has 0 radical (unpaired) electrons. The van der Waals surface area contributed by atoms with Gasteiger partial charge in [-0.05, 0) is 31.1 Å². The van der Waals surface area contributed by atoms with Gasteiger partial charge in [0, 0.05) is 18.3 Å². The lowest BCUT2D eigenvalue weighted by Crippen LogP contribution is -2.52. The van der Waals surface area contributed by atoms with Gasteiger partial charge in [-0.25, -0.2) is 0 Å². The smallest absolute Gasteiger partial charge is 0.226 e. The summed E-state index contributed by atoms with van der Waals surface area (Å²) in [6.07, 6.45) is 8.98. The highest BCUT2D eigenvalue weighted by atomic mass is 35.5. The number of nitrogens with zero attached hydrogens (tertiary/aromatic N) is 1. The van der Waals surface area contributed by atoms with E-state index in [0.717, 1.165) is 31.2 Å². The van der Waals surface area contributed by atoms with Gasteiger partial charge in [-0.2, -0.15) is 0 Å². The molecule has 4 unspecified atom stereocenters. The highest BCUT2D eigenvalue weighted by Crippen LogP contribution is 2.43. The van der Waals surface area contributed by atoms with Gasteiger partial charge in [0.2, 0.25) is 5.91 Å². The van der Waals surface area contributed by atoms with Crippen molar-refractivity contribution in [2.24, 2.45) is 17.8 Å². The molecule has 0 N–H and O–H groups in total. The van der Waals surface area contributed by atoms with E-state index in [9.17, 15) is 4.79 Å². The molecule has 2 saturated carbocycles. The molecule has 0 bridgehead atoms. The number of fused-ring (bicyclic) bond motifs is 1. The molecule has 1 heterocycles. The number of hydrogen-bond donors (Lipinski definition) is 0. The number of carbonyl (C=O) groups excluding carboxylic acids is 1. The molecule has 1 aliphatic heterocycles. The lowest BCUT2D eigenvalue weighted by atomic mass is 9.67. The molecule has 4 atom stereocenters. The number of carbonyl (C=O) groups is 1. The molecule has 3 rings (SSSR count). The fourth-order valence-corrected chi connectivity index (χ4v) is 4.66. The van der Waals surface area contributed by atoms with Crippen LogP contribution in [0.5, 0.6) is 0 Å². The third-order valence-electron chi connectivity index (χ3n) is 5.58. The molecule has 1 amide bonds. The number of ether oxygens (including phenoxy) is 1. The van der Waals surface area contributed by atoms with Crippen LogP contribution in [0.1, 0.15) is 44.9 Å². The van der Waals surface area contributed by atoms with Gasteiger partial charge in [0.15, 0.2) is 0 Å². The number of rotatable bonds is 2. The Bertz CT molecular complexity index is 349. The van der Waals surface area contributed by atoms with Crippen LogP contribution in [-0.4, -0.2) is 42.5 Å². The van der Waals surface area contributed by atoms with E-state index in [-0.39, 0.29) is 12.0 Å². The van der Waals surface area contributed by atoms with Gasteiger partial charge in [0.1, 0.15) is 0 Å². The van der Waals surface area contributed by atoms with E-state index in [4.69, 9.17) is 16.3 Å². The molecule has 0 aromatic carbocycles. The summed E-state index contributed by atoms with van der Waals surface area (Å²) < 4.78 is 5.45. The first-order valence-corrected chi connectivity index (χ1v) is 8.77. The van der Waals surface area contributed by atoms with Gasteiger partial charge in [-0.15, -0.1) is 11.6 Å². The Hall–Kier alpha value is -0.280. The summed E-state index contributed by atoms with van der Waals surface area (Å²) in [6.45, 7) is 1.99. The van der Waals surface area contributed by atoms with Crippen molar-refractivity contribution in [2.75, 3.05) is 25.6 Å². The molecule has 0 spiro atoms. The van der Waals surface area contributed by atoms with E-state index in [0.29, 0.717) is 25.0 Å². The van der Waals surface area contributed by atoms with Gasteiger partial charge in [-0.3, -0.25) is 4.79 Å². The average molecular weight is 300 g/mol. The Labute approximate surface area is 127 Å². The zero-order chi connectivity index (χ0) is 13.9. The van der Waals surface area contributed by atoms with Crippen LogP contribution in [-0.2, 0) is 9.53 Å². The first-order valence-electron chi connectivity index (χ1n) is 8.23. The average Bonchev–Trinajstić information content (AvgIpc) is 2.53. The van der Waals surface area contributed by atoms with Crippen molar-refractivity contribution in [3.05, 3.63) is 0 Å². The third-order valence-corrected chi connectivity index (χ3v) is 5.93. The number of morpholine rings is 1. The minimum Gasteiger partial charge on any atom is -0.377 e. The zero-order valence-corrected chi connectivity index (χ0v) is 13.0. The lowest BCUT2D eigenvalue weighted by Gasteiger charge is -2.42. The Morgan fingerprint density at radius 3 is 2.75 bits per heavy atom. The van der Waals surface area contributed by atoms with Crippen molar-refractivity contribution < 1.29 is 9.53 Å². The summed E-state index contributed by atoms with van der Waals surface area (Å²) in [5, 5.41) is 0. The highest BCUT2D eigenvalue weighted by molar-refractivity contribution is 6.18. The van der Waals surface area contributed by atoms with Crippen LogP contribution in [0, 0.1) is 17.8 Å². The Morgan fingerprint density at radius 2 is 1.95 bits per heavy atom. The standard InChI is InChI=1S/C16H26ClNO2/c17-10-15-11-20-8-7-18(15)16(19)14-6-5-12-3-1-2-4-13(12)9-14/h12-15H,1-11H2. The first-order chi connectivity index (χ1) is 9.79. The number of hydrogen-bond acceptors (Lipinski definition) is 2. The molecule has 2 aliphatic carbocycles. The second-order valence-corrected chi connectivity index (χ2v) is 7.04. The van der Waals surface area contributed by atoms with Gasteiger partial charge in [0.05, 0.1) is 19.3 Å². The monoisotopic (exact) mass is 299 g/mol. The predicted molar refractivity (Wildman–Crippen MR) is 79.8 cm³/mol. The van der Waals surface area contributed by atoms with Crippen LogP contribution < -0.4 is 0 Å². The van der Waals surface area contributed by atoms with Crippen molar-refractivity contribution in [1.29, 1.82) is 0 Å². The van der Waals surface area contributed by atoms with Gasteiger partial charge < -0.3 is 9.64 Å². The van der Waals surface area contributed by atoms with Gasteiger partial charge >= 0.3 is 0 Å². The van der Waals surface area contributed by atoms with Crippen molar-refractivity contribution in [1.82, 2.24) is 4.90 Å². The number of alkyl halides is 1. The third kappa shape index (κ3) is 2.99. The molecule has 0 aromatic heterocycles. The maximum absolute atomic E-state index is 12.8. The van der Waals surface area contributed by atoms with Crippen LogP contribution in [0.15, 0.2) is 0 Å². The summed E-state index contributed by atoms with van der Waals surface area (Å²) in [7, 11) is 0. The molecule has 3 fully saturated rings. The van der Waals surface area contributed by atoms with E-state index < -0.39 is 0 Å². The molecule has 114 valence electrons. The second kappa shape index (κ2) is 6.65. The Morgan fingerprint density at radius 1 is 1.15 bits per heavy atom. The maximum atomic E-state index is 12.8. The quantitative estimate of drug-likeness (QED) is 0.734. The van der Waals surface area contributed by atoms with Crippen LogP contribution in [0.3, 0.4) is 0 Å². The van der Waals surface area contributed by atoms with Gasteiger partial charge in [0.25, 0.3) is 0 Å². The summed E-state index contributed by atoms with van der Waals surface area (Å²) in [6, 6.07) is 0.0852. The van der Waals surface area contributed by atoms with E-state index in [1.165, 1.54) is 32.1 Å². The van der Waals surface area contributed by atoms with Crippen LogP contribution >= 0.6 is 11.6 Å². The molecule has 0 aromatic rings. The molecular formula is C16H26ClNO2. The maximum Gasteiger partial charge on any atom is 0.226 e. The Kier molecular flexibility index (Phi) is 4.87. The van der Waals surface area contributed by atoms with E-state index in [1.807, 2.05) is 4.90 Å². The summed E-state index contributed by atoms with van der Waals surface area (Å²) in [5.41, 5.74) is 0. The minimum absolute atomic E-state index is 0.0852. The largest absolute Gasteiger partial charge is 0.377 e. The fraction of sp³-hybridized carbons (Fsp3) is 0.938. The molecule has 1 saturated heterocycles. The molecular weight excluding hydrogens is 274 g/mol.